The Kier molecular flexibility index (Phi) is 14.2. The van der Waals surface area contributed by atoms with Crippen molar-refractivity contribution in [3.8, 4) is 11.4 Å². The molecule has 5 aromatic rings. The molecule has 2 fully saturated rings. The third-order valence-corrected chi connectivity index (χ3v) is 11.1. The molecule has 2 saturated heterocycles. The summed E-state index contributed by atoms with van der Waals surface area (Å²) in [5, 5.41) is 8.52. The Hall–Kier alpha value is -6.50. The minimum absolute atomic E-state index is 0.0376. The first kappa shape index (κ1) is 44.6. The summed E-state index contributed by atoms with van der Waals surface area (Å²) >= 11 is 0. The van der Waals surface area contributed by atoms with Gasteiger partial charge in [0, 0.05) is 55.1 Å². The molecule has 4 atom stereocenters. The van der Waals surface area contributed by atoms with E-state index in [4.69, 9.17) is 28.4 Å². The van der Waals surface area contributed by atoms with E-state index in [1.807, 2.05) is 55.5 Å². The highest BCUT2D eigenvalue weighted by Crippen LogP contribution is 2.42. The molecule has 2 aromatic heterocycles. The second-order valence-corrected chi connectivity index (χ2v) is 15.8. The number of rotatable bonds is 17. The molecule has 0 amide bonds. The molecule has 3 aromatic carbocycles. The van der Waals surface area contributed by atoms with Gasteiger partial charge in [0.05, 0.1) is 37.6 Å². The lowest BCUT2D eigenvalue weighted by Crippen LogP contribution is -2.46. The van der Waals surface area contributed by atoms with E-state index in [0.29, 0.717) is 37.5 Å². The maximum Gasteiger partial charge on any atom is 0.508 e. The van der Waals surface area contributed by atoms with Crippen molar-refractivity contribution in [2.24, 2.45) is 5.92 Å². The van der Waals surface area contributed by atoms with Crippen molar-refractivity contribution in [2.75, 3.05) is 62.4 Å². The molecule has 19 heteroatoms. The van der Waals surface area contributed by atoms with Crippen LogP contribution in [0, 0.1) is 17.6 Å². The Morgan fingerprint density at radius 3 is 2.08 bits per heavy atom. The van der Waals surface area contributed by atoms with Crippen molar-refractivity contribution in [2.45, 2.75) is 70.9 Å². The van der Waals surface area contributed by atoms with Gasteiger partial charge < -0.3 is 38.2 Å². The molecule has 0 spiro atoms. The predicted octanol–water partition coefficient (Wildman–Crippen LogP) is 6.30. The van der Waals surface area contributed by atoms with E-state index < -0.39 is 41.7 Å². The quantitative estimate of drug-likeness (QED) is 0.0755. The minimum Gasteiger partial charge on any atom is -0.493 e. The topological polar surface area (TPSA) is 167 Å². The number of hydrogen-bond donors (Lipinski definition) is 0. The van der Waals surface area contributed by atoms with E-state index >= 15 is 4.39 Å². The van der Waals surface area contributed by atoms with Crippen LogP contribution < -0.4 is 20.2 Å². The second kappa shape index (κ2) is 20.1. The lowest BCUT2D eigenvalue weighted by molar-refractivity contribution is -0.0206. The molecule has 63 heavy (non-hydrogen) atoms. The number of nitrogens with zero attached hydrogens (tertiary/aromatic N) is 8. The molecule has 0 saturated carbocycles. The minimum atomic E-state index is -1.04. The van der Waals surface area contributed by atoms with Crippen LogP contribution in [0.5, 0.6) is 5.75 Å². The molecule has 4 heterocycles. The molecule has 2 aliphatic rings. The first-order chi connectivity index (χ1) is 30.4. The van der Waals surface area contributed by atoms with Crippen molar-refractivity contribution < 1.29 is 46.8 Å². The Balaban J connectivity index is 0.873. The molecule has 0 aliphatic carbocycles. The van der Waals surface area contributed by atoms with Gasteiger partial charge in [-0.2, -0.15) is 10.2 Å². The fourth-order valence-corrected chi connectivity index (χ4v) is 7.97. The molecular formula is C44H52F2N8O9. The van der Waals surface area contributed by atoms with Crippen LogP contribution in [0.3, 0.4) is 0 Å². The largest absolute Gasteiger partial charge is 0.508 e. The van der Waals surface area contributed by atoms with E-state index in [9.17, 15) is 18.8 Å². The fourth-order valence-electron chi connectivity index (χ4n) is 7.97. The van der Waals surface area contributed by atoms with Gasteiger partial charge in [0.2, 0.25) is 0 Å². The van der Waals surface area contributed by atoms with Crippen LogP contribution in [0.25, 0.3) is 5.69 Å². The zero-order valence-electron chi connectivity index (χ0n) is 35.7. The number of hydrogen-bond acceptors (Lipinski definition) is 14. The number of ether oxygens (including phenoxy) is 6. The Bertz CT molecular complexity index is 2330. The van der Waals surface area contributed by atoms with E-state index in [2.05, 4.69) is 25.0 Å². The van der Waals surface area contributed by atoms with Gasteiger partial charge in [0.25, 0.3) is 0 Å². The van der Waals surface area contributed by atoms with Gasteiger partial charge in [-0.1, -0.05) is 13.0 Å². The van der Waals surface area contributed by atoms with Gasteiger partial charge in [-0.15, -0.1) is 0 Å². The number of piperazine rings is 1. The average molecular weight is 875 g/mol. The predicted molar refractivity (Wildman–Crippen MR) is 225 cm³/mol. The monoisotopic (exact) mass is 874 g/mol. The maximum atomic E-state index is 15.0. The zero-order chi connectivity index (χ0) is 44.5. The highest BCUT2D eigenvalue weighted by atomic mass is 19.1. The summed E-state index contributed by atoms with van der Waals surface area (Å²) in [5.74, 6) is -0.641. The van der Waals surface area contributed by atoms with Crippen molar-refractivity contribution in [1.82, 2.24) is 29.1 Å². The van der Waals surface area contributed by atoms with Gasteiger partial charge in [-0.3, -0.25) is 0 Å². The number of benzene rings is 3. The van der Waals surface area contributed by atoms with Crippen LogP contribution in [-0.2, 0) is 35.8 Å². The summed E-state index contributed by atoms with van der Waals surface area (Å²) in [5.41, 5.74) is 1.60. The van der Waals surface area contributed by atoms with Crippen molar-refractivity contribution >= 4 is 23.7 Å². The molecule has 7 rings (SSSR count). The van der Waals surface area contributed by atoms with Gasteiger partial charge in [-0.25, -0.2) is 42.1 Å². The van der Waals surface area contributed by atoms with Crippen LogP contribution in [-0.4, -0.2) is 106 Å². The number of halogens is 2. The number of carbonyl (C=O) groups excluding carboxylic acids is 2. The van der Waals surface area contributed by atoms with E-state index in [0.717, 1.165) is 43.6 Å². The summed E-state index contributed by atoms with van der Waals surface area (Å²) in [6, 6.07) is 18.7. The average Bonchev–Trinajstić information content (AvgIpc) is 4.03. The third kappa shape index (κ3) is 10.9. The summed E-state index contributed by atoms with van der Waals surface area (Å²) in [6.45, 7) is 10.6. The van der Waals surface area contributed by atoms with E-state index in [1.54, 1.807) is 31.8 Å². The van der Waals surface area contributed by atoms with Crippen LogP contribution in [0.15, 0.2) is 90.5 Å². The number of carbonyl (C=O) groups is 2. The Morgan fingerprint density at radius 1 is 0.841 bits per heavy atom. The zero-order valence-corrected chi connectivity index (χ0v) is 35.7. The second-order valence-electron chi connectivity index (χ2n) is 15.8. The molecule has 0 N–H and O–H groups in total. The fraction of sp³-hybridized carbons (Fsp3) is 0.455. The summed E-state index contributed by atoms with van der Waals surface area (Å²) in [7, 11) is 0. The highest BCUT2D eigenvalue weighted by molar-refractivity contribution is 5.61. The molecule has 17 nitrogen and oxygen atoms in total. The highest BCUT2D eigenvalue weighted by Gasteiger charge is 2.44. The molecule has 2 aliphatic heterocycles. The Morgan fingerprint density at radius 2 is 1.48 bits per heavy atom. The van der Waals surface area contributed by atoms with Crippen LogP contribution in [0.4, 0.5) is 29.7 Å². The van der Waals surface area contributed by atoms with E-state index in [1.165, 1.54) is 34.0 Å². The first-order valence-corrected chi connectivity index (χ1v) is 21.0. The SMILES string of the molecule is CC[C@@H]([C@H](C)OC(=O)OCCOC(=O)OC(C)C)n1ncn(-c2ccc(N3CCN(c4ccc(OC[C@@H]5CO[C@@](Cn6cncn6)(c6ccc(F)cc6F)C5)cc4)CC3)cc2)c1=O. The molecular weight excluding hydrogens is 823 g/mol. The van der Waals surface area contributed by atoms with Gasteiger partial charge in [0.15, 0.2) is 0 Å². The van der Waals surface area contributed by atoms with Crippen LogP contribution >= 0.6 is 0 Å². The van der Waals surface area contributed by atoms with Crippen molar-refractivity contribution in [1.29, 1.82) is 0 Å². The van der Waals surface area contributed by atoms with Crippen LogP contribution in [0.2, 0.25) is 0 Å². The van der Waals surface area contributed by atoms with Crippen molar-refractivity contribution in [3.05, 3.63) is 113 Å². The lowest BCUT2D eigenvalue weighted by atomic mass is 9.87. The maximum absolute atomic E-state index is 15.0. The van der Waals surface area contributed by atoms with Crippen LogP contribution in [0.1, 0.15) is 52.1 Å². The number of anilines is 2. The molecule has 0 unspecified atom stereocenters. The summed E-state index contributed by atoms with van der Waals surface area (Å²) in [4.78, 5) is 45.9. The third-order valence-electron chi connectivity index (χ3n) is 11.1. The first-order valence-electron chi connectivity index (χ1n) is 21.0. The van der Waals surface area contributed by atoms with Gasteiger partial charge >= 0.3 is 18.0 Å². The van der Waals surface area contributed by atoms with Gasteiger partial charge in [0.1, 0.15) is 61.3 Å². The molecule has 0 radical (unpaired) electrons. The van der Waals surface area contributed by atoms with Crippen molar-refractivity contribution in [3.63, 3.8) is 0 Å². The smallest absolute Gasteiger partial charge is 0.493 e. The lowest BCUT2D eigenvalue weighted by Gasteiger charge is -2.37. The summed E-state index contributed by atoms with van der Waals surface area (Å²) in [6.07, 6.45) is 2.41. The van der Waals surface area contributed by atoms with Gasteiger partial charge in [-0.05, 0) is 88.2 Å². The Labute approximate surface area is 363 Å². The van der Waals surface area contributed by atoms with E-state index in [-0.39, 0.29) is 43.0 Å². The normalized spacial score (nSPS) is 18.6. The molecule has 336 valence electrons. The molecule has 0 bridgehead atoms. The summed E-state index contributed by atoms with van der Waals surface area (Å²) < 4.78 is 65.7. The number of aromatic nitrogens is 6. The standard InChI is InChI=1S/C44H52F2N8O9/c1-5-40(31(4)63-43(57)59-21-20-58-42(56)62-30(2)3)54-41(55)53(29-49-54)36-9-7-34(8-10-36)50-16-18-51(19-17-50)35-11-13-37(14-12-35)60-24-32-23-44(61-25-32,26-52-28-47-27-48-52)38-15-6-33(45)22-39(38)46/h6-15,22,27-32,40H,5,16-21,23-26H2,1-4H3/t31-,32+,40-,44-/m0/s1.